The predicted molar refractivity (Wildman–Crippen MR) is 101 cm³/mol. The molecule has 2 heterocycles. The number of hydrogen-bond donors (Lipinski definition) is 0. The molecule has 0 spiro atoms. The molecule has 1 amide bonds. The molecule has 4 rings (SSSR count). The third kappa shape index (κ3) is 3.24. The van der Waals surface area contributed by atoms with E-state index in [-0.39, 0.29) is 5.91 Å². The lowest BCUT2D eigenvalue weighted by Gasteiger charge is -2.35. The first-order valence-electron chi connectivity index (χ1n) is 8.35. The Morgan fingerprint density at radius 1 is 1.00 bits per heavy atom. The van der Waals surface area contributed by atoms with Crippen LogP contribution in [0.1, 0.15) is 34.8 Å². The molecule has 1 saturated heterocycles. The van der Waals surface area contributed by atoms with Gasteiger partial charge < -0.3 is 9.80 Å². The second-order valence-corrected chi connectivity index (χ2v) is 7.51. The maximum atomic E-state index is 12.7. The highest BCUT2D eigenvalue weighted by Crippen LogP contribution is 2.38. The second-order valence-electron chi connectivity index (χ2n) is 6.35. The van der Waals surface area contributed by atoms with Crippen molar-refractivity contribution in [2.24, 2.45) is 0 Å². The Labute approximate surface area is 155 Å². The largest absolute Gasteiger partial charge is 0.352 e. The van der Waals surface area contributed by atoms with E-state index >= 15 is 0 Å². The Morgan fingerprint density at radius 2 is 1.75 bits per heavy atom. The van der Waals surface area contributed by atoms with E-state index in [4.69, 9.17) is 0 Å². The zero-order valence-electron chi connectivity index (χ0n) is 13.4. The Bertz CT molecular complexity index is 737. The van der Waals surface area contributed by atoms with Crippen molar-refractivity contribution < 1.29 is 4.79 Å². The highest BCUT2D eigenvalue weighted by molar-refractivity contribution is 14.1. The van der Waals surface area contributed by atoms with E-state index in [1.54, 1.807) is 0 Å². The Hall–Kier alpha value is -1.70. The molecule has 1 saturated carbocycles. The molecule has 5 nitrogen and oxygen atoms in total. The van der Waals surface area contributed by atoms with Crippen LogP contribution in [0.4, 0.5) is 5.82 Å². The van der Waals surface area contributed by atoms with Crippen molar-refractivity contribution in [2.75, 3.05) is 31.1 Å². The van der Waals surface area contributed by atoms with Gasteiger partial charge in [0.25, 0.3) is 5.91 Å². The summed E-state index contributed by atoms with van der Waals surface area (Å²) in [6, 6.07) is 11.9. The molecule has 2 aromatic rings. The number of carbonyl (C=O) groups excluding carboxylic acids is 1. The van der Waals surface area contributed by atoms with Crippen LogP contribution in [0.25, 0.3) is 0 Å². The molecule has 0 radical (unpaired) electrons. The summed E-state index contributed by atoms with van der Waals surface area (Å²) in [6.45, 7) is 3.03. The van der Waals surface area contributed by atoms with Crippen molar-refractivity contribution in [3.8, 4) is 0 Å². The van der Waals surface area contributed by atoms with E-state index in [2.05, 4.69) is 49.8 Å². The SMILES string of the molecule is O=C(c1ccccc1I)N1CCN(c2ccc(C3CC3)nn2)CC1. The van der Waals surface area contributed by atoms with Gasteiger partial charge >= 0.3 is 0 Å². The average molecular weight is 434 g/mol. The van der Waals surface area contributed by atoms with Crippen LogP contribution in [0, 0.1) is 3.57 Å². The van der Waals surface area contributed by atoms with Crippen molar-refractivity contribution in [1.82, 2.24) is 15.1 Å². The van der Waals surface area contributed by atoms with Gasteiger partial charge in [0.1, 0.15) is 0 Å². The maximum absolute atomic E-state index is 12.7. The van der Waals surface area contributed by atoms with Crippen LogP contribution in [0.3, 0.4) is 0 Å². The summed E-state index contributed by atoms with van der Waals surface area (Å²) in [5.74, 6) is 1.67. The Kier molecular flexibility index (Phi) is 4.39. The van der Waals surface area contributed by atoms with Gasteiger partial charge in [0.05, 0.1) is 11.3 Å². The lowest BCUT2D eigenvalue weighted by atomic mass is 10.2. The van der Waals surface area contributed by atoms with Gasteiger partial charge in [0.2, 0.25) is 0 Å². The fourth-order valence-electron chi connectivity index (χ4n) is 3.04. The number of carbonyl (C=O) groups is 1. The number of anilines is 1. The summed E-state index contributed by atoms with van der Waals surface area (Å²) in [5, 5.41) is 8.73. The van der Waals surface area contributed by atoms with Crippen LogP contribution in [-0.2, 0) is 0 Å². The first kappa shape index (κ1) is 15.8. The van der Waals surface area contributed by atoms with Gasteiger partial charge in [0, 0.05) is 35.7 Å². The number of hydrogen-bond acceptors (Lipinski definition) is 4. The molecule has 2 aliphatic rings. The van der Waals surface area contributed by atoms with E-state index in [1.807, 2.05) is 29.2 Å². The number of benzene rings is 1. The van der Waals surface area contributed by atoms with Gasteiger partial charge in [-0.05, 0) is 59.7 Å². The van der Waals surface area contributed by atoms with Gasteiger partial charge in [-0.3, -0.25) is 4.79 Å². The smallest absolute Gasteiger partial charge is 0.255 e. The number of aromatic nitrogens is 2. The second kappa shape index (κ2) is 6.66. The van der Waals surface area contributed by atoms with E-state index in [0.717, 1.165) is 46.8 Å². The minimum Gasteiger partial charge on any atom is -0.352 e. The molecule has 0 atom stereocenters. The standard InChI is InChI=1S/C18H19IN4O/c19-15-4-2-1-3-14(15)18(24)23-11-9-22(10-12-23)17-8-7-16(20-21-17)13-5-6-13/h1-4,7-8,13H,5-6,9-12H2. The molecule has 6 heteroatoms. The summed E-state index contributed by atoms with van der Waals surface area (Å²) in [6.07, 6.45) is 2.49. The summed E-state index contributed by atoms with van der Waals surface area (Å²) in [4.78, 5) is 16.8. The first-order chi connectivity index (χ1) is 11.7. The molecule has 124 valence electrons. The topological polar surface area (TPSA) is 49.3 Å². The summed E-state index contributed by atoms with van der Waals surface area (Å²) in [7, 11) is 0. The van der Waals surface area contributed by atoms with Gasteiger partial charge in [-0.1, -0.05) is 12.1 Å². The van der Waals surface area contributed by atoms with Crippen molar-refractivity contribution in [2.45, 2.75) is 18.8 Å². The molecule has 0 bridgehead atoms. The summed E-state index contributed by atoms with van der Waals surface area (Å²) >= 11 is 2.22. The van der Waals surface area contributed by atoms with Gasteiger partial charge in [0.15, 0.2) is 5.82 Å². The normalized spacial score (nSPS) is 17.9. The van der Waals surface area contributed by atoms with E-state index in [9.17, 15) is 4.79 Å². The molecular weight excluding hydrogens is 415 g/mol. The summed E-state index contributed by atoms with van der Waals surface area (Å²) < 4.78 is 1.00. The monoisotopic (exact) mass is 434 g/mol. The number of amides is 1. The predicted octanol–water partition coefficient (Wildman–Crippen LogP) is 2.92. The molecule has 1 aromatic heterocycles. The van der Waals surface area contributed by atoms with Gasteiger partial charge in [-0.2, -0.15) is 5.10 Å². The quantitative estimate of drug-likeness (QED) is 0.698. The highest BCUT2D eigenvalue weighted by Gasteiger charge is 2.27. The van der Waals surface area contributed by atoms with Crippen LogP contribution in [0.15, 0.2) is 36.4 Å². The molecule has 0 N–H and O–H groups in total. The number of rotatable bonds is 3. The van der Waals surface area contributed by atoms with E-state index < -0.39 is 0 Å². The third-order valence-electron chi connectivity index (χ3n) is 4.66. The van der Waals surface area contributed by atoms with Crippen molar-refractivity contribution >= 4 is 34.3 Å². The van der Waals surface area contributed by atoms with Crippen molar-refractivity contribution in [3.05, 3.63) is 51.2 Å². The fraction of sp³-hybridized carbons (Fsp3) is 0.389. The average Bonchev–Trinajstić information content (AvgIpc) is 3.47. The number of nitrogens with zero attached hydrogens (tertiary/aromatic N) is 4. The summed E-state index contributed by atoms with van der Waals surface area (Å²) in [5.41, 5.74) is 1.91. The molecular formula is C18H19IN4O. The molecule has 1 aliphatic heterocycles. The van der Waals surface area contributed by atoms with Gasteiger partial charge in [-0.15, -0.1) is 5.10 Å². The van der Waals surface area contributed by atoms with Crippen LogP contribution < -0.4 is 4.90 Å². The van der Waals surface area contributed by atoms with Crippen molar-refractivity contribution in [1.29, 1.82) is 0 Å². The zero-order chi connectivity index (χ0) is 16.5. The fourth-order valence-corrected chi connectivity index (χ4v) is 3.66. The molecule has 1 aromatic carbocycles. The lowest BCUT2D eigenvalue weighted by Crippen LogP contribution is -2.49. The minimum atomic E-state index is 0.120. The molecule has 2 fully saturated rings. The van der Waals surface area contributed by atoms with E-state index in [0.29, 0.717) is 5.92 Å². The lowest BCUT2D eigenvalue weighted by molar-refractivity contribution is 0.0745. The third-order valence-corrected chi connectivity index (χ3v) is 5.60. The van der Waals surface area contributed by atoms with Crippen molar-refractivity contribution in [3.63, 3.8) is 0 Å². The Balaban J connectivity index is 1.39. The number of halogens is 1. The van der Waals surface area contributed by atoms with Gasteiger partial charge in [-0.25, -0.2) is 0 Å². The minimum absolute atomic E-state index is 0.120. The maximum Gasteiger partial charge on any atom is 0.255 e. The van der Waals surface area contributed by atoms with Crippen LogP contribution >= 0.6 is 22.6 Å². The van der Waals surface area contributed by atoms with Crippen LogP contribution in [0.5, 0.6) is 0 Å². The number of piperazine rings is 1. The zero-order valence-corrected chi connectivity index (χ0v) is 15.5. The van der Waals surface area contributed by atoms with Crippen LogP contribution in [0.2, 0.25) is 0 Å². The van der Waals surface area contributed by atoms with Crippen LogP contribution in [-0.4, -0.2) is 47.2 Å². The van der Waals surface area contributed by atoms with E-state index in [1.165, 1.54) is 12.8 Å². The molecule has 24 heavy (non-hydrogen) atoms. The highest BCUT2D eigenvalue weighted by atomic mass is 127. The molecule has 0 unspecified atom stereocenters. The Morgan fingerprint density at radius 3 is 2.38 bits per heavy atom. The molecule has 1 aliphatic carbocycles. The first-order valence-corrected chi connectivity index (χ1v) is 9.42.